The van der Waals surface area contributed by atoms with E-state index in [-0.39, 0.29) is 0 Å². The number of benzene rings is 1. The standard InChI is InChI=1S/C11H8ClN2/c1-8-4-2-3-5-9(8)10-6-11(12)14-7-13-10/h2-6H,1H3. The molecule has 0 amide bonds. The monoisotopic (exact) mass is 203 g/mol. The Hall–Kier alpha value is -1.41. The number of rotatable bonds is 1. The molecule has 0 aliphatic heterocycles. The van der Waals surface area contributed by atoms with Crippen LogP contribution in [-0.4, -0.2) is 9.97 Å². The van der Waals surface area contributed by atoms with Gasteiger partial charge in [0.15, 0.2) is 6.33 Å². The molecular weight excluding hydrogens is 196 g/mol. The molecule has 0 bridgehead atoms. The summed E-state index contributed by atoms with van der Waals surface area (Å²) in [5, 5.41) is 0.415. The molecule has 0 spiro atoms. The van der Waals surface area contributed by atoms with Gasteiger partial charge in [-0.25, -0.2) is 9.97 Å². The van der Waals surface area contributed by atoms with Crippen LogP contribution in [0.4, 0.5) is 0 Å². The van der Waals surface area contributed by atoms with Crippen molar-refractivity contribution in [2.24, 2.45) is 0 Å². The molecule has 0 saturated heterocycles. The van der Waals surface area contributed by atoms with Gasteiger partial charge in [-0.3, -0.25) is 0 Å². The fraction of sp³-hybridized carbons (Fsp3) is 0.0909. The largest absolute Gasteiger partial charge is 0.225 e. The highest BCUT2D eigenvalue weighted by atomic mass is 35.5. The van der Waals surface area contributed by atoms with Crippen LogP contribution in [0.15, 0.2) is 30.3 Å². The van der Waals surface area contributed by atoms with Crippen molar-refractivity contribution >= 4 is 11.6 Å². The first-order chi connectivity index (χ1) is 6.77. The second-order valence-electron chi connectivity index (χ2n) is 2.99. The van der Waals surface area contributed by atoms with Gasteiger partial charge >= 0.3 is 0 Å². The summed E-state index contributed by atoms with van der Waals surface area (Å²) >= 11 is 5.76. The van der Waals surface area contributed by atoms with Gasteiger partial charge in [-0.2, -0.15) is 0 Å². The Morgan fingerprint density at radius 3 is 2.71 bits per heavy atom. The molecule has 3 heteroatoms. The zero-order chi connectivity index (χ0) is 9.97. The topological polar surface area (TPSA) is 25.8 Å². The quantitative estimate of drug-likeness (QED) is 0.666. The van der Waals surface area contributed by atoms with Gasteiger partial charge in [0.05, 0.1) is 5.69 Å². The Balaban J connectivity index is 2.55. The van der Waals surface area contributed by atoms with Crippen LogP contribution in [-0.2, 0) is 0 Å². The molecule has 2 nitrogen and oxygen atoms in total. The molecule has 14 heavy (non-hydrogen) atoms. The highest BCUT2D eigenvalue weighted by Gasteiger charge is 2.02. The van der Waals surface area contributed by atoms with E-state index in [1.54, 1.807) is 6.07 Å². The summed E-state index contributed by atoms with van der Waals surface area (Å²) in [4.78, 5) is 7.77. The molecule has 1 aromatic carbocycles. The third-order valence-electron chi connectivity index (χ3n) is 2.00. The van der Waals surface area contributed by atoms with E-state index in [1.165, 1.54) is 0 Å². The van der Waals surface area contributed by atoms with E-state index in [9.17, 15) is 0 Å². The normalized spacial score (nSPS) is 10.1. The van der Waals surface area contributed by atoms with Crippen LogP contribution in [0.3, 0.4) is 0 Å². The van der Waals surface area contributed by atoms with Gasteiger partial charge in [-0.1, -0.05) is 35.9 Å². The molecule has 2 rings (SSSR count). The van der Waals surface area contributed by atoms with Crippen molar-refractivity contribution in [1.29, 1.82) is 0 Å². The Labute approximate surface area is 87.6 Å². The maximum absolute atomic E-state index is 5.76. The smallest absolute Gasteiger partial charge is 0.199 e. The highest BCUT2D eigenvalue weighted by Crippen LogP contribution is 2.21. The molecule has 69 valence electrons. The van der Waals surface area contributed by atoms with Crippen LogP contribution >= 0.6 is 11.6 Å². The minimum absolute atomic E-state index is 0.415. The Morgan fingerprint density at radius 2 is 2.00 bits per heavy atom. The van der Waals surface area contributed by atoms with E-state index < -0.39 is 0 Å². The van der Waals surface area contributed by atoms with Crippen molar-refractivity contribution in [3.8, 4) is 11.3 Å². The summed E-state index contributed by atoms with van der Waals surface area (Å²) < 4.78 is 0. The first kappa shape index (κ1) is 9.16. The van der Waals surface area contributed by atoms with Crippen molar-refractivity contribution in [3.63, 3.8) is 0 Å². The van der Waals surface area contributed by atoms with E-state index >= 15 is 0 Å². The lowest BCUT2D eigenvalue weighted by Gasteiger charge is -2.03. The number of aromatic nitrogens is 2. The predicted octanol–water partition coefficient (Wildman–Crippen LogP) is 2.91. The molecule has 1 heterocycles. The lowest BCUT2D eigenvalue weighted by atomic mass is 10.1. The third kappa shape index (κ3) is 1.75. The van der Waals surface area contributed by atoms with Crippen LogP contribution < -0.4 is 0 Å². The second-order valence-corrected chi connectivity index (χ2v) is 3.38. The van der Waals surface area contributed by atoms with Gasteiger partial charge in [0, 0.05) is 11.6 Å². The van der Waals surface area contributed by atoms with E-state index in [2.05, 4.69) is 16.3 Å². The maximum Gasteiger partial charge on any atom is 0.199 e. The first-order valence-corrected chi connectivity index (χ1v) is 4.62. The summed E-state index contributed by atoms with van der Waals surface area (Å²) in [6.07, 6.45) is 2.52. The van der Waals surface area contributed by atoms with Crippen LogP contribution in [0, 0.1) is 13.3 Å². The fourth-order valence-corrected chi connectivity index (χ4v) is 1.44. The van der Waals surface area contributed by atoms with E-state index in [1.807, 2.05) is 31.2 Å². The summed E-state index contributed by atoms with van der Waals surface area (Å²) in [6.45, 7) is 2.03. The summed E-state index contributed by atoms with van der Waals surface area (Å²) in [7, 11) is 0. The van der Waals surface area contributed by atoms with Crippen molar-refractivity contribution in [2.45, 2.75) is 6.92 Å². The first-order valence-electron chi connectivity index (χ1n) is 4.24. The zero-order valence-electron chi connectivity index (χ0n) is 7.66. The van der Waals surface area contributed by atoms with Crippen molar-refractivity contribution in [3.05, 3.63) is 47.4 Å². The summed E-state index contributed by atoms with van der Waals surface area (Å²) in [5.41, 5.74) is 3.03. The highest BCUT2D eigenvalue weighted by molar-refractivity contribution is 6.29. The lowest BCUT2D eigenvalue weighted by molar-refractivity contribution is 1.15. The molecule has 0 aliphatic rings. The van der Waals surface area contributed by atoms with Crippen molar-refractivity contribution in [1.82, 2.24) is 9.97 Å². The molecule has 0 N–H and O–H groups in total. The third-order valence-corrected chi connectivity index (χ3v) is 2.20. The van der Waals surface area contributed by atoms with E-state index in [0.29, 0.717) is 5.15 Å². The zero-order valence-corrected chi connectivity index (χ0v) is 8.42. The fourth-order valence-electron chi connectivity index (χ4n) is 1.30. The molecular formula is C11H8ClN2. The van der Waals surface area contributed by atoms with E-state index in [4.69, 9.17) is 11.6 Å². The second kappa shape index (κ2) is 3.76. The van der Waals surface area contributed by atoms with Crippen LogP contribution in [0.25, 0.3) is 11.3 Å². The molecule has 0 unspecified atom stereocenters. The molecule has 2 aromatic rings. The molecule has 0 aliphatic carbocycles. The predicted molar refractivity (Wildman–Crippen MR) is 56.1 cm³/mol. The van der Waals surface area contributed by atoms with Crippen LogP contribution in [0.5, 0.6) is 0 Å². The molecule has 1 aromatic heterocycles. The van der Waals surface area contributed by atoms with Gasteiger partial charge in [0.25, 0.3) is 0 Å². The average molecular weight is 204 g/mol. The van der Waals surface area contributed by atoms with Crippen molar-refractivity contribution in [2.75, 3.05) is 0 Å². The summed E-state index contributed by atoms with van der Waals surface area (Å²) in [5.74, 6) is 0. The van der Waals surface area contributed by atoms with E-state index in [0.717, 1.165) is 16.8 Å². The number of aryl methyl sites for hydroxylation is 1. The average Bonchev–Trinajstić information content (AvgIpc) is 2.18. The van der Waals surface area contributed by atoms with Gasteiger partial charge in [-0.05, 0) is 12.5 Å². The van der Waals surface area contributed by atoms with Crippen molar-refractivity contribution < 1.29 is 0 Å². The lowest BCUT2D eigenvalue weighted by Crippen LogP contribution is -1.88. The maximum atomic E-state index is 5.76. The summed E-state index contributed by atoms with van der Waals surface area (Å²) in [6, 6.07) is 9.73. The number of nitrogens with zero attached hydrogens (tertiary/aromatic N) is 2. The number of hydrogen-bond donors (Lipinski definition) is 0. The molecule has 0 atom stereocenters. The molecule has 1 radical (unpaired) electrons. The molecule has 0 fully saturated rings. The SMILES string of the molecule is Cc1ccccc1-c1cc(Cl)n[c]n1. The Kier molecular flexibility index (Phi) is 2.46. The minimum Gasteiger partial charge on any atom is -0.225 e. The van der Waals surface area contributed by atoms with Gasteiger partial charge < -0.3 is 0 Å². The number of hydrogen-bond acceptors (Lipinski definition) is 2. The van der Waals surface area contributed by atoms with Gasteiger partial charge in [0.1, 0.15) is 5.15 Å². The van der Waals surface area contributed by atoms with Crippen LogP contribution in [0.2, 0.25) is 5.15 Å². The van der Waals surface area contributed by atoms with Gasteiger partial charge in [-0.15, -0.1) is 0 Å². The number of halogens is 1. The molecule has 0 saturated carbocycles. The Morgan fingerprint density at radius 1 is 1.21 bits per heavy atom. The minimum atomic E-state index is 0.415. The Bertz CT molecular complexity index is 455. The van der Waals surface area contributed by atoms with Crippen LogP contribution in [0.1, 0.15) is 5.56 Å². The van der Waals surface area contributed by atoms with Gasteiger partial charge in [0.2, 0.25) is 0 Å².